The Kier molecular flexibility index (Phi) is 4.65. The van der Waals surface area contributed by atoms with Crippen molar-refractivity contribution < 1.29 is 19.1 Å². The summed E-state index contributed by atoms with van der Waals surface area (Å²) >= 11 is 0. The summed E-state index contributed by atoms with van der Waals surface area (Å²) in [5.41, 5.74) is 1.19. The predicted molar refractivity (Wildman–Crippen MR) is 93.1 cm³/mol. The van der Waals surface area contributed by atoms with Gasteiger partial charge < -0.3 is 14.8 Å². The Morgan fingerprint density at radius 3 is 2.72 bits per heavy atom. The quantitative estimate of drug-likeness (QED) is 0.738. The Balaban J connectivity index is 1.97. The fraction of sp³-hybridized carbons (Fsp3) is 0.167. The number of amides is 1. The van der Waals surface area contributed by atoms with Crippen molar-refractivity contribution >= 4 is 28.6 Å². The SMILES string of the molecule is CCOC(=O)c1nn(C(=O)Nc2cccc(OC)c2)c2ccccc12. The molecule has 7 heteroatoms. The molecule has 1 aromatic heterocycles. The number of aromatic nitrogens is 2. The van der Waals surface area contributed by atoms with Crippen LogP contribution in [0.1, 0.15) is 17.4 Å². The van der Waals surface area contributed by atoms with Crippen molar-refractivity contribution in [1.29, 1.82) is 0 Å². The Bertz CT molecular complexity index is 933. The number of hydrogen-bond donors (Lipinski definition) is 1. The molecule has 0 spiro atoms. The van der Waals surface area contributed by atoms with Crippen LogP contribution in [-0.2, 0) is 4.74 Å². The normalized spacial score (nSPS) is 10.5. The van der Waals surface area contributed by atoms with Crippen molar-refractivity contribution in [1.82, 2.24) is 9.78 Å². The van der Waals surface area contributed by atoms with E-state index in [4.69, 9.17) is 9.47 Å². The zero-order valence-corrected chi connectivity index (χ0v) is 13.9. The van der Waals surface area contributed by atoms with Gasteiger partial charge in [0.05, 0.1) is 19.2 Å². The number of carbonyl (C=O) groups is 2. The maximum atomic E-state index is 12.6. The molecule has 0 aliphatic carbocycles. The number of benzene rings is 2. The maximum absolute atomic E-state index is 12.6. The summed E-state index contributed by atoms with van der Waals surface area (Å²) in [6.07, 6.45) is 0. The number of anilines is 1. The molecule has 3 rings (SSSR count). The number of nitrogens with zero attached hydrogens (tertiary/aromatic N) is 2. The van der Waals surface area contributed by atoms with Crippen molar-refractivity contribution in [2.45, 2.75) is 6.92 Å². The van der Waals surface area contributed by atoms with E-state index in [1.165, 1.54) is 0 Å². The van der Waals surface area contributed by atoms with Gasteiger partial charge in [0.1, 0.15) is 5.75 Å². The van der Waals surface area contributed by atoms with Gasteiger partial charge in [-0.3, -0.25) is 0 Å². The molecule has 0 saturated carbocycles. The number of ether oxygens (including phenoxy) is 2. The minimum Gasteiger partial charge on any atom is -0.497 e. The number of methoxy groups -OCH3 is 1. The summed E-state index contributed by atoms with van der Waals surface area (Å²) in [7, 11) is 1.55. The molecule has 0 bridgehead atoms. The van der Waals surface area contributed by atoms with Gasteiger partial charge in [-0.05, 0) is 25.1 Å². The largest absolute Gasteiger partial charge is 0.497 e. The molecule has 25 heavy (non-hydrogen) atoms. The van der Waals surface area contributed by atoms with Crippen molar-refractivity contribution in [2.24, 2.45) is 0 Å². The Morgan fingerprint density at radius 1 is 1.16 bits per heavy atom. The molecule has 0 aliphatic heterocycles. The number of nitrogens with one attached hydrogen (secondary N) is 1. The van der Waals surface area contributed by atoms with Crippen molar-refractivity contribution in [3.63, 3.8) is 0 Å². The molecule has 1 amide bonds. The first-order valence-corrected chi connectivity index (χ1v) is 7.74. The molecule has 0 unspecified atom stereocenters. The highest BCUT2D eigenvalue weighted by Gasteiger charge is 2.21. The number of carbonyl (C=O) groups excluding carboxylic acids is 2. The number of hydrogen-bond acceptors (Lipinski definition) is 5. The third kappa shape index (κ3) is 3.30. The van der Waals surface area contributed by atoms with E-state index in [1.807, 2.05) is 0 Å². The molecule has 0 aliphatic rings. The van der Waals surface area contributed by atoms with Gasteiger partial charge in [0.15, 0.2) is 5.69 Å². The van der Waals surface area contributed by atoms with Crippen LogP contribution in [0, 0.1) is 0 Å². The average molecular weight is 339 g/mol. The highest BCUT2D eigenvalue weighted by Crippen LogP contribution is 2.21. The highest BCUT2D eigenvalue weighted by atomic mass is 16.5. The highest BCUT2D eigenvalue weighted by molar-refractivity contribution is 6.06. The zero-order chi connectivity index (χ0) is 17.8. The monoisotopic (exact) mass is 339 g/mol. The Morgan fingerprint density at radius 2 is 1.96 bits per heavy atom. The lowest BCUT2D eigenvalue weighted by molar-refractivity contribution is 0.0521. The predicted octanol–water partition coefficient (Wildman–Crippen LogP) is 3.30. The van der Waals surface area contributed by atoms with E-state index >= 15 is 0 Å². The summed E-state index contributed by atoms with van der Waals surface area (Å²) in [6.45, 7) is 1.95. The molecule has 0 saturated heterocycles. The first kappa shape index (κ1) is 16.5. The molecule has 3 aromatic rings. The van der Waals surface area contributed by atoms with E-state index < -0.39 is 12.0 Å². The van der Waals surface area contributed by atoms with Gasteiger partial charge >= 0.3 is 12.0 Å². The molecule has 1 N–H and O–H groups in total. The number of fused-ring (bicyclic) bond motifs is 1. The zero-order valence-electron chi connectivity index (χ0n) is 13.9. The van der Waals surface area contributed by atoms with E-state index in [0.717, 1.165) is 4.68 Å². The topological polar surface area (TPSA) is 82.5 Å². The molecule has 1 heterocycles. The van der Waals surface area contributed by atoms with Crippen LogP contribution in [0.25, 0.3) is 10.9 Å². The van der Waals surface area contributed by atoms with Gasteiger partial charge in [-0.1, -0.05) is 24.3 Å². The second kappa shape index (κ2) is 7.04. The van der Waals surface area contributed by atoms with Crippen LogP contribution in [0.5, 0.6) is 5.75 Å². The summed E-state index contributed by atoms with van der Waals surface area (Å²) in [6, 6.07) is 13.5. The second-order valence-electron chi connectivity index (χ2n) is 5.16. The fourth-order valence-corrected chi connectivity index (χ4v) is 2.45. The molecular formula is C18H17N3O4. The van der Waals surface area contributed by atoms with Gasteiger partial charge in [0.25, 0.3) is 0 Å². The third-order valence-electron chi connectivity index (χ3n) is 3.57. The molecule has 0 fully saturated rings. The first-order chi connectivity index (χ1) is 12.1. The fourth-order valence-electron chi connectivity index (χ4n) is 2.45. The van der Waals surface area contributed by atoms with Crippen LogP contribution in [0.3, 0.4) is 0 Å². The van der Waals surface area contributed by atoms with E-state index in [0.29, 0.717) is 22.3 Å². The molecule has 0 atom stereocenters. The average Bonchev–Trinajstić information content (AvgIpc) is 3.02. The molecule has 7 nitrogen and oxygen atoms in total. The number of esters is 1. The summed E-state index contributed by atoms with van der Waals surface area (Å²) in [4.78, 5) is 24.7. The summed E-state index contributed by atoms with van der Waals surface area (Å²) in [5.74, 6) is 0.0574. The third-order valence-corrected chi connectivity index (χ3v) is 3.57. The Labute approximate surface area is 144 Å². The van der Waals surface area contributed by atoms with E-state index in [-0.39, 0.29) is 12.3 Å². The Hall–Kier alpha value is -3.35. The van der Waals surface area contributed by atoms with Crippen LogP contribution in [0.2, 0.25) is 0 Å². The van der Waals surface area contributed by atoms with Crippen LogP contribution >= 0.6 is 0 Å². The van der Waals surface area contributed by atoms with Gasteiger partial charge in [0.2, 0.25) is 0 Å². The van der Waals surface area contributed by atoms with Crippen LogP contribution in [0.15, 0.2) is 48.5 Å². The van der Waals surface area contributed by atoms with Crippen molar-refractivity contribution in [3.8, 4) is 5.75 Å². The number of rotatable bonds is 4. The lowest BCUT2D eigenvalue weighted by Crippen LogP contribution is -2.21. The summed E-state index contributed by atoms with van der Waals surface area (Å²) in [5, 5.41) is 7.44. The smallest absolute Gasteiger partial charge is 0.359 e. The van der Waals surface area contributed by atoms with Gasteiger partial charge in [-0.15, -0.1) is 0 Å². The second-order valence-corrected chi connectivity index (χ2v) is 5.16. The van der Waals surface area contributed by atoms with Gasteiger partial charge in [0, 0.05) is 17.1 Å². The van der Waals surface area contributed by atoms with Gasteiger partial charge in [-0.2, -0.15) is 9.78 Å². The lowest BCUT2D eigenvalue weighted by Gasteiger charge is -2.07. The lowest BCUT2D eigenvalue weighted by atomic mass is 10.2. The minimum atomic E-state index is -0.563. The van der Waals surface area contributed by atoms with E-state index in [9.17, 15) is 9.59 Å². The van der Waals surface area contributed by atoms with Crippen molar-refractivity contribution in [3.05, 3.63) is 54.2 Å². The van der Waals surface area contributed by atoms with E-state index in [2.05, 4.69) is 10.4 Å². The van der Waals surface area contributed by atoms with Crippen LogP contribution < -0.4 is 10.1 Å². The first-order valence-electron chi connectivity index (χ1n) is 7.74. The van der Waals surface area contributed by atoms with Crippen molar-refractivity contribution in [2.75, 3.05) is 19.0 Å². The van der Waals surface area contributed by atoms with E-state index in [1.54, 1.807) is 62.6 Å². The molecule has 2 aromatic carbocycles. The molecule has 128 valence electrons. The standard InChI is InChI=1S/C18H17N3O4/c1-3-25-17(22)16-14-9-4-5-10-15(14)21(20-16)18(23)19-12-7-6-8-13(11-12)24-2/h4-11H,3H2,1-2H3,(H,19,23). The van der Waals surface area contributed by atoms with Crippen LogP contribution in [0.4, 0.5) is 10.5 Å². The summed E-state index contributed by atoms with van der Waals surface area (Å²) < 4.78 is 11.3. The minimum absolute atomic E-state index is 0.109. The molecular weight excluding hydrogens is 322 g/mol. The van der Waals surface area contributed by atoms with Gasteiger partial charge in [-0.25, -0.2) is 9.59 Å². The molecule has 0 radical (unpaired) electrons. The van der Waals surface area contributed by atoms with Crippen LogP contribution in [-0.4, -0.2) is 35.5 Å². The maximum Gasteiger partial charge on any atom is 0.359 e. The number of para-hydroxylation sites is 1.